The van der Waals surface area contributed by atoms with E-state index in [1.165, 1.54) is 30.6 Å². The number of likely N-dealkylation sites (N-methyl/N-ethyl adjacent to an activating group) is 1. The quantitative estimate of drug-likeness (QED) is 0.718. The van der Waals surface area contributed by atoms with Gasteiger partial charge < -0.3 is 10.2 Å². The molecule has 108 valence electrons. The molecule has 0 aliphatic carbocycles. The van der Waals surface area contributed by atoms with E-state index >= 15 is 0 Å². The highest BCUT2D eigenvalue weighted by Gasteiger charge is 2.09. The van der Waals surface area contributed by atoms with Gasteiger partial charge in [0.1, 0.15) is 0 Å². The molecule has 0 bridgehead atoms. The van der Waals surface area contributed by atoms with Gasteiger partial charge in [0.15, 0.2) is 0 Å². The Morgan fingerprint density at radius 2 is 1.79 bits per heavy atom. The Bertz CT molecular complexity index is 345. The SMILES string of the molecule is CCC(CC)CN(CC)CCNc1ccccc1C. The van der Waals surface area contributed by atoms with E-state index in [1.807, 2.05) is 0 Å². The van der Waals surface area contributed by atoms with Crippen LogP contribution in [0.1, 0.15) is 39.2 Å². The fourth-order valence-corrected chi connectivity index (χ4v) is 2.41. The van der Waals surface area contributed by atoms with E-state index in [2.05, 4.69) is 62.2 Å². The van der Waals surface area contributed by atoms with Crippen molar-refractivity contribution >= 4 is 5.69 Å². The summed E-state index contributed by atoms with van der Waals surface area (Å²) in [6.07, 6.45) is 2.58. The van der Waals surface area contributed by atoms with E-state index in [4.69, 9.17) is 0 Å². The third kappa shape index (κ3) is 5.65. The number of hydrogen-bond donors (Lipinski definition) is 1. The summed E-state index contributed by atoms with van der Waals surface area (Å²) in [7, 11) is 0. The van der Waals surface area contributed by atoms with Crippen LogP contribution in [0.15, 0.2) is 24.3 Å². The van der Waals surface area contributed by atoms with Crippen LogP contribution < -0.4 is 5.32 Å². The fraction of sp³-hybridized carbons (Fsp3) is 0.647. The maximum Gasteiger partial charge on any atom is 0.0370 e. The Morgan fingerprint density at radius 3 is 2.37 bits per heavy atom. The Kier molecular flexibility index (Phi) is 7.57. The molecule has 1 rings (SSSR count). The van der Waals surface area contributed by atoms with Crippen molar-refractivity contribution in [3.63, 3.8) is 0 Å². The maximum atomic E-state index is 3.55. The first kappa shape index (κ1) is 16.0. The number of nitrogens with one attached hydrogen (secondary N) is 1. The largest absolute Gasteiger partial charge is 0.384 e. The number of para-hydroxylation sites is 1. The first-order chi connectivity index (χ1) is 9.21. The molecule has 0 atom stereocenters. The zero-order valence-corrected chi connectivity index (χ0v) is 13.1. The van der Waals surface area contributed by atoms with Gasteiger partial charge in [-0.15, -0.1) is 0 Å². The highest BCUT2D eigenvalue weighted by atomic mass is 15.1. The van der Waals surface area contributed by atoms with Gasteiger partial charge in [0.05, 0.1) is 0 Å². The second-order valence-electron chi connectivity index (χ2n) is 5.32. The third-order valence-electron chi connectivity index (χ3n) is 4.01. The Labute approximate surface area is 119 Å². The number of nitrogens with zero attached hydrogens (tertiary/aromatic N) is 1. The summed E-state index contributed by atoms with van der Waals surface area (Å²) in [6.45, 7) is 13.5. The maximum absolute atomic E-state index is 3.55. The van der Waals surface area contributed by atoms with Gasteiger partial charge >= 0.3 is 0 Å². The highest BCUT2D eigenvalue weighted by molar-refractivity contribution is 5.50. The minimum absolute atomic E-state index is 0.846. The van der Waals surface area contributed by atoms with Crippen LogP contribution in [-0.4, -0.2) is 31.1 Å². The number of hydrogen-bond acceptors (Lipinski definition) is 2. The summed E-state index contributed by atoms with van der Waals surface area (Å²) in [5, 5.41) is 3.55. The third-order valence-corrected chi connectivity index (χ3v) is 4.01. The van der Waals surface area contributed by atoms with E-state index in [0.29, 0.717) is 0 Å². The van der Waals surface area contributed by atoms with Gasteiger partial charge in [-0.25, -0.2) is 0 Å². The lowest BCUT2D eigenvalue weighted by Gasteiger charge is -2.25. The van der Waals surface area contributed by atoms with Crippen molar-refractivity contribution in [1.29, 1.82) is 0 Å². The summed E-state index contributed by atoms with van der Waals surface area (Å²) in [5.74, 6) is 0.846. The number of rotatable bonds is 9. The molecule has 0 aromatic heterocycles. The molecule has 2 nitrogen and oxygen atoms in total. The van der Waals surface area contributed by atoms with Gasteiger partial charge in [0.2, 0.25) is 0 Å². The molecule has 0 saturated heterocycles. The van der Waals surface area contributed by atoms with Crippen molar-refractivity contribution in [3.05, 3.63) is 29.8 Å². The molecule has 1 aromatic carbocycles. The molecule has 1 aromatic rings. The average Bonchev–Trinajstić information content (AvgIpc) is 2.44. The molecule has 0 aliphatic heterocycles. The summed E-state index contributed by atoms with van der Waals surface area (Å²) in [6, 6.07) is 8.50. The van der Waals surface area contributed by atoms with Crippen molar-refractivity contribution in [2.24, 2.45) is 5.92 Å². The Hall–Kier alpha value is -1.02. The molecule has 0 radical (unpaired) electrons. The van der Waals surface area contributed by atoms with Crippen molar-refractivity contribution in [2.75, 3.05) is 31.5 Å². The molecule has 0 fully saturated rings. The zero-order valence-electron chi connectivity index (χ0n) is 13.1. The van der Waals surface area contributed by atoms with Gasteiger partial charge in [-0.1, -0.05) is 51.8 Å². The molecule has 0 heterocycles. The lowest BCUT2D eigenvalue weighted by Crippen LogP contribution is -2.33. The average molecular weight is 262 g/mol. The Morgan fingerprint density at radius 1 is 1.11 bits per heavy atom. The van der Waals surface area contributed by atoms with Crippen molar-refractivity contribution < 1.29 is 0 Å². The summed E-state index contributed by atoms with van der Waals surface area (Å²) < 4.78 is 0. The number of aryl methyl sites for hydroxylation is 1. The van der Waals surface area contributed by atoms with E-state index in [9.17, 15) is 0 Å². The topological polar surface area (TPSA) is 15.3 Å². The lowest BCUT2D eigenvalue weighted by atomic mass is 10.0. The molecular weight excluding hydrogens is 232 g/mol. The monoisotopic (exact) mass is 262 g/mol. The first-order valence-electron chi connectivity index (χ1n) is 7.73. The molecular formula is C17H30N2. The van der Waals surface area contributed by atoms with Crippen molar-refractivity contribution in [2.45, 2.75) is 40.5 Å². The Balaban J connectivity index is 2.35. The standard InChI is InChI=1S/C17H30N2/c1-5-16(6-2)14-19(7-3)13-12-18-17-11-9-8-10-15(17)4/h8-11,16,18H,5-7,12-14H2,1-4H3. The molecule has 0 saturated carbocycles. The van der Waals surface area contributed by atoms with Crippen LogP contribution >= 0.6 is 0 Å². The molecule has 19 heavy (non-hydrogen) atoms. The number of benzene rings is 1. The van der Waals surface area contributed by atoms with E-state index in [-0.39, 0.29) is 0 Å². The van der Waals surface area contributed by atoms with Crippen LogP contribution in [0.5, 0.6) is 0 Å². The summed E-state index contributed by atoms with van der Waals surface area (Å²) in [4.78, 5) is 2.56. The minimum Gasteiger partial charge on any atom is -0.384 e. The van der Waals surface area contributed by atoms with Crippen LogP contribution in [0.3, 0.4) is 0 Å². The molecule has 0 amide bonds. The molecule has 0 aliphatic rings. The fourth-order valence-electron chi connectivity index (χ4n) is 2.41. The second-order valence-corrected chi connectivity index (χ2v) is 5.32. The van der Waals surface area contributed by atoms with Gasteiger partial charge in [0.25, 0.3) is 0 Å². The van der Waals surface area contributed by atoms with Gasteiger partial charge in [0, 0.05) is 25.3 Å². The van der Waals surface area contributed by atoms with Crippen LogP contribution in [0, 0.1) is 12.8 Å². The second kappa shape index (κ2) is 8.98. The van der Waals surface area contributed by atoms with E-state index in [0.717, 1.165) is 25.6 Å². The predicted octanol–water partition coefficient (Wildman–Crippen LogP) is 4.17. The molecule has 2 heteroatoms. The zero-order chi connectivity index (χ0) is 14.1. The lowest BCUT2D eigenvalue weighted by molar-refractivity contribution is 0.241. The number of anilines is 1. The van der Waals surface area contributed by atoms with Gasteiger partial charge in [-0.05, 0) is 31.0 Å². The van der Waals surface area contributed by atoms with Gasteiger partial charge in [-0.3, -0.25) is 0 Å². The van der Waals surface area contributed by atoms with Crippen LogP contribution in [0.25, 0.3) is 0 Å². The normalized spacial score (nSPS) is 11.3. The summed E-state index contributed by atoms with van der Waals surface area (Å²) >= 11 is 0. The molecule has 0 unspecified atom stereocenters. The van der Waals surface area contributed by atoms with Crippen molar-refractivity contribution in [1.82, 2.24) is 4.90 Å². The molecule has 1 N–H and O–H groups in total. The predicted molar refractivity (Wildman–Crippen MR) is 85.9 cm³/mol. The van der Waals surface area contributed by atoms with E-state index in [1.54, 1.807) is 0 Å². The highest BCUT2D eigenvalue weighted by Crippen LogP contribution is 2.13. The van der Waals surface area contributed by atoms with Crippen LogP contribution in [-0.2, 0) is 0 Å². The van der Waals surface area contributed by atoms with Gasteiger partial charge in [-0.2, -0.15) is 0 Å². The smallest absolute Gasteiger partial charge is 0.0370 e. The van der Waals surface area contributed by atoms with Crippen LogP contribution in [0.2, 0.25) is 0 Å². The minimum atomic E-state index is 0.846. The molecule has 0 spiro atoms. The van der Waals surface area contributed by atoms with Crippen LogP contribution in [0.4, 0.5) is 5.69 Å². The van der Waals surface area contributed by atoms with Crippen molar-refractivity contribution in [3.8, 4) is 0 Å². The van der Waals surface area contributed by atoms with E-state index < -0.39 is 0 Å². The first-order valence-corrected chi connectivity index (χ1v) is 7.73. The summed E-state index contributed by atoms with van der Waals surface area (Å²) in [5.41, 5.74) is 2.59.